The van der Waals surface area contributed by atoms with E-state index in [1.54, 1.807) is 13.8 Å². The average Bonchev–Trinajstić information content (AvgIpc) is 2.46. The monoisotopic (exact) mass is 225 g/mol. The zero-order valence-corrected chi connectivity index (χ0v) is 8.74. The highest BCUT2D eigenvalue weighted by molar-refractivity contribution is 5.30. The molecule has 0 N–H and O–H groups in total. The van der Waals surface area contributed by atoms with E-state index < -0.39 is 11.6 Å². The maximum Gasteiger partial charge on any atom is 0.219 e. The Morgan fingerprint density at radius 3 is 2.50 bits per heavy atom. The lowest BCUT2D eigenvalue weighted by Crippen LogP contribution is -2.39. The van der Waals surface area contributed by atoms with E-state index in [-0.39, 0.29) is 5.69 Å². The molecule has 6 heteroatoms. The van der Waals surface area contributed by atoms with E-state index >= 15 is 0 Å². The van der Waals surface area contributed by atoms with Crippen molar-refractivity contribution < 1.29 is 13.6 Å². The summed E-state index contributed by atoms with van der Waals surface area (Å²) in [6.45, 7) is 3.22. The van der Waals surface area contributed by atoms with Gasteiger partial charge >= 0.3 is 0 Å². The van der Waals surface area contributed by atoms with Gasteiger partial charge in [0.05, 0.1) is 0 Å². The van der Waals surface area contributed by atoms with Gasteiger partial charge in [0.1, 0.15) is 5.82 Å². The second-order valence-electron chi connectivity index (χ2n) is 3.43. The van der Waals surface area contributed by atoms with Crippen LogP contribution in [-0.4, -0.2) is 9.90 Å². The first-order valence-electron chi connectivity index (χ1n) is 4.62. The van der Waals surface area contributed by atoms with Crippen molar-refractivity contribution in [2.45, 2.75) is 13.8 Å². The van der Waals surface area contributed by atoms with Crippen LogP contribution < -0.4 is 4.85 Å². The van der Waals surface area contributed by atoms with Gasteiger partial charge in [-0.2, -0.15) is 4.85 Å². The molecule has 0 fully saturated rings. The van der Waals surface area contributed by atoms with Gasteiger partial charge in [0, 0.05) is 25.0 Å². The summed E-state index contributed by atoms with van der Waals surface area (Å²) in [6, 6.07) is 2.96. The zero-order chi connectivity index (χ0) is 11.9. The minimum Gasteiger partial charge on any atom is -0.692 e. The molecule has 0 atom stereocenters. The SMILES string of the molecule is Cc1nn(-c2ccc(F)cc2F)[n+]([O-])c1C. The third kappa shape index (κ3) is 1.52. The number of halogens is 2. The van der Waals surface area contributed by atoms with Crippen molar-refractivity contribution in [3.63, 3.8) is 0 Å². The molecule has 0 bridgehead atoms. The molecule has 0 aliphatic rings. The van der Waals surface area contributed by atoms with Crippen molar-refractivity contribution in [1.29, 1.82) is 0 Å². The minimum atomic E-state index is -0.827. The van der Waals surface area contributed by atoms with Crippen LogP contribution in [0.25, 0.3) is 5.69 Å². The summed E-state index contributed by atoms with van der Waals surface area (Å²) in [4.78, 5) is 1.32. The van der Waals surface area contributed by atoms with E-state index in [9.17, 15) is 14.0 Å². The topological polar surface area (TPSA) is 44.8 Å². The van der Waals surface area contributed by atoms with Gasteiger partial charge in [-0.1, -0.05) is 0 Å². The highest BCUT2D eigenvalue weighted by Gasteiger charge is 2.19. The molecule has 0 unspecified atom stereocenters. The van der Waals surface area contributed by atoms with Gasteiger partial charge in [-0.3, -0.25) is 0 Å². The highest BCUT2D eigenvalue weighted by atomic mass is 19.1. The molecule has 0 aliphatic carbocycles. The summed E-state index contributed by atoms with van der Waals surface area (Å²) >= 11 is 0. The van der Waals surface area contributed by atoms with Crippen LogP contribution >= 0.6 is 0 Å². The molecule has 1 heterocycles. The predicted molar refractivity (Wildman–Crippen MR) is 51.9 cm³/mol. The Bertz CT molecular complexity index is 551. The molecule has 0 saturated carbocycles. The Labute approximate surface area is 90.3 Å². The van der Waals surface area contributed by atoms with Gasteiger partial charge in [0.15, 0.2) is 17.2 Å². The quantitative estimate of drug-likeness (QED) is 0.544. The van der Waals surface area contributed by atoms with E-state index in [4.69, 9.17) is 0 Å². The minimum absolute atomic E-state index is 0.0763. The average molecular weight is 225 g/mol. The fourth-order valence-electron chi connectivity index (χ4n) is 1.33. The predicted octanol–water partition coefficient (Wildman–Crippen LogP) is 1.40. The van der Waals surface area contributed by atoms with Crippen molar-refractivity contribution in [1.82, 2.24) is 9.90 Å². The van der Waals surface area contributed by atoms with Crippen molar-refractivity contribution >= 4 is 0 Å². The lowest BCUT2D eigenvalue weighted by atomic mass is 10.3. The molecule has 0 radical (unpaired) electrons. The first kappa shape index (κ1) is 10.5. The molecule has 0 spiro atoms. The molecule has 0 amide bonds. The van der Waals surface area contributed by atoms with E-state index in [0.29, 0.717) is 22.3 Å². The van der Waals surface area contributed by atoms with E-state index in [1.165, 1.54) is 6.07 Å². The molecule has 4 nitrogen and oxygen atoms in total. The summed E-state index contributed by atoms with van der Waals surface area (Å²) in [7, 11) is 0. The van der Waals surface area contributed by atoms with Crippen LogP contribution in [0.5, 0.6) is 0 Å². The number of aromatic nitrogens is 3. The van der Waals surface area contributed by atoms with Crippen LogP contribution in [0.15, 0.2) is 18.2 Å². The second kappa shape index (κ2) is 3.55. The van der Waals surface area contributed by atoms with Crippen molar-refractivity contribution in [3.05, 3.63) is 46.4 Å². The van der Waals surface area contributed by atoms with Gasteiger partial charge in [0.2, 0.25) is 5.69 Å². The summed E-state index contributed by atoms with van der Waals surface area (Å²) in [6.07, 6.45) is 0. The van der Waals surface area contributed by atoms with E-state index in [2.05, 4.69) is 5.10 Å². The zero-order valence-electron chi connectivity index (χ0n) is 8.74. The van der Waals surface area contributed by atoms with E-state index in [0.717, 1.165) is 10.9 Å². The highest BCUT2D eigenvalue weighted by Crippen LogP contribution is 2.13. The molecule has 84 valence electrons. The molecular formula is C10H9F2N3O. The third-order valence-electron chi connectivity index (χ3n) is 2.35. The fourth-order valence-corrected chi connectivity index (χ4v) is 1.33. The summed E-state index contributed by atoms with van der Waals surface area (Å²) in [5.41, 5.74) is 0.801. The van der Waals surface area contributed by atoms with Crippen LogP contribution in [0.4, 0.5) is 8.78 Å². The number of hydrogen-bond donors (Lipinski definition) is 0. The van der Waals surface area contributed by atoms with Crippen LogP contribution in [0, 0.1) is 30.7 Å². The van der Waals surface area contributed by atoms with E-state index in [1.807, 2.05) is 0 Å². The van der Waals surface area contributed by atoms with Crippen molar-refractivity contribution in [3.8, 4) is 5.69 Å². The van der Waals surface area contributed by atoms with Gasteiger partial charge in [0.25, 0.3) is 0 Å². The molecule has 1 aromatic heterocycles. The van der Waals surface area contributed by atoms with Gasteiger partial charge < -0.3 is 5.21 Å². The maximum atomic E-state index is 13.4. The number of aryl methyl sites for hydroxylation is 1. The standard InChI is InChI=1S/C10H9F2N3O/c1-6-7(2)15(16)14(13-6)10-4-3-8(11)5-9(10)12/h3-5H,1-2H3. The Hall–Kier alpha value is -1.98. The number of hydrogen-bond acceptors (Lipinski definition) is 2. The van der Waals surface area contributed by atoms with Crippen molar-refractivity contribution in [2.75, 3.05) is 0 Å². The fraction of sp³-hybridized carbons (Fsp3) is 0.200. The molecule has 0 saturated heterocycles. The lowest BCUT2D eigenvalue weighted by molar-refractivity contribution is -0.694. The Morgan fingerprint density at radius 1 is 1.31 bits per heavy atom. The second-order valence-corrected chi connectivity index (χ2v) is 3.43. The number of nitrogens with zero attached hydrogens (tertiary/aromatic N) is 3. The smallest absolute Gasteiger partial charge is 0.219 e. The number of benzene rings is 1. The Morgan fingerprint density at radius 2 is 2.00 bits per heavy atom. The van der Waals surface area contributed by atoms with Crippen LogP contribution in [0.3, 0.4) is 0 Å². The maximum absolute atomic E-state index is 13.4. The summed E-state index contributed by atoms with van der Waals surface area (Å²) in [5.74, 6) is -1.52. The molecule has 16 heavy (non-hydrogen) atoms. The van der Waals surface area contributed by atoms with Gasteiger partial charge in [-0.15, -0.1) is 0 Å². The van der Waals surface area contributed by atoms with Crippen LogP contribution in [0.2, 0.25) is 0 Å². The molecule has 2 rings (SSSR count). The molecular weight excluding hydrogens is 216 g/mol. The molecule has 1 aromatic carbocycles. The largest absolute Gasteiger partial charge is 0.692 e. The third-order valence-corrected chi connectivity index (χ3v) is 2.35. The first-order chi connectivity index (χ1) is 7.50. The summed E-state index contributed by atoms with van der Waals surface area (Å²) < 4.78 is 26.1. The molecule has 2 aromatic rings. The van der Waals surface area contributed by atoms with Gasteiger partial charge in [-0.25, -0.2) is 8.78 Å². The number of rotatable bonds is 1. The van der Waals surface area contributed by atoms with Crippen molar-refractivity contribution in [2.24, 2.45) is 0 Å². The summed E-state index contributed by atoms with van der Waals surface area (Å²) in [5, 5.41) is 15.5. The van der Waals surface area contributed by atoms with Gasteiger partial charge in [-0.05, 0) is 16.9 Å². The Kier molecular flexibility index (Phi) is 2.34. The normalized spacial score (nSPS) is 10.8. The van der Waals surface area contributed by atoms with Crippen LogP contribution in [-0.2, 0) is 0 Å². The van der Waals surface area contributed by atoms with Crippen LogP contribution in [0.1, 0.15) is 11.4 Å². The Balaban J connectivity index is 2.63. The first-order valence-corrected chi connectivity index (χ1v) is 4.62. The molecule has 0 aliphatic heterocycles. The lowest BCUT2D eigenvalue weighted by Gasteiger charge is -2.05.